The van der Waals surface area contributed by atoms with Crippen LogP contribution in [-0.2, 0) is 11.2 Å². The van der Waals surface area contributed by atoms with Crippen molar-refractivity contribution in [3.05, 3.63) is 29.3 Å². The zero-order valence-corrected chi connectivity index (χ0v) is 11.8. The van der Waals surface area contributed by atoms with Crippen LogP contribution < -0.4 is 15.4 Å². The molecule has 0 heterocycles. The Kier molecular flexibility index (Phi) is 4.43. The average molecular weight is 262 g/mol. The highest BCUT2D eigenvalue weighted by Crippen LogP contribution is 2.37. The Morgan fingerprint density at radius 3 is 3.00 bits per heavy atom. The number of ether oxygens (including phenoxy) is 1. The molecular formula is C15H22N2O2. The number of rotatable bonds is 5. The SMILES string of the molecule is CCNC1CCc2c(OC(C)C(=O)NC)cccc21. The van der Waals surface area contributed by atoms with Crippen molar-refractivity contribution in [2.75, 3.05) is 13.6 Å². The molecule has 2 N–H and O–H groups in total. The molecule has 0 bridgehead atoms. The third kappa shape index (κ3) is 2.89. The molecule has 0 saturated carbocycles. The molecule has 104 valence electrons. The van der Waals surface area contributed by atoms with Crippen molar-refractivity contribution in [3.63, 3.8) is 0 Å². The number of nitrogens with one attached hydrogen (secondary N) is 2. The minimum atomic E-state index is -0.463. The van der Waals surface area contributed by atoms with E-state index in [0.717, 1.165) is 25.1 Å². The van der Waals surface area contributed by atoms with Crippen LogP contribution in [0.3, 0.4) is 0 Å². The molecule has 0 fully saturated rings. The first-order chi connectivity index (χ1) is 9.17. The maximum Gasteiger partial charge on any atom is 0.260 e. The summed E-state index contributed by atoms with van der Waals surface area (Å²) >= 11 is 0. The van der Waals surface area contributed by atoms with E-state index >= 15 is 0 Å². The van der Waals surface area contributed by atoms with Gasteiger partial charge in [-0.3, -0.25) is 4.79 Å². The molecule has 0 radical (unpaired) electrons. The third-order valence-corrected chi connectivity index (χ3v) is 3.60. The van der Waals surface area contributed by atoms with E-state index in [4.69, 9.17) is 4.74 Å². The van der Waals surface area contributed by atoms with Crippen molar-refractivity contribution in [1.82, 2.24) is 10.6 Å². The van der Waals surface area contributed by atoms with Gasteiger partial charge < -0.3 is 15.4 Å². The minimum Gasteiger partial charge on any atom is -0.481 e. The lowest BCUT2D eigenvalue weighted by molar-refractivity contribution is -0.126. The van der Waals surface area contributed by atoms with Crippen LogP contribution in [0.4, 0.5) is 0 Å². The lowest BCUT2D eigenvalue weighted by Gasteiger charge is -2.17. The lowest BCUT2D eigenvalue weighted by Crippen LogP contribution is -2.33. The second-order valence-corrected chi connectivity index (χ2v) is 4.85. The van der Waals surface area contributed by atoms with E-state index in [1.54, 1.807) is 14.0 Å². The van der Waals surface area contributed by atoms with E-state index in [-0.39, 0.29) is 5.91 Å². The van der Waals surface area contributed by atoms with Crippen LogP contribution >= 0.6 is 0 Å². The number of amides is 1. The number of likely N-dealkylation sites (N-methyl/N-ethyl adjacent to an activating group) is 1. The van der Waals surface area contributed by atoms with Gasteiger partial charge >= 0.3 is 0 Å². The van der Waals surface area contributed by atoms with Gasteiger partial charge in [0.15, 0.2) is 6.10 Å². The van der Waals surface area contributed by atoms with Gasteiger partial charge in [-0.2, -0.15) is 0 Å². The standard InChI is InChI=1S/C15H22N2O2/c1-4-17-13-9-8-12-11(13)6-5-7-14(12)19-10(2)15(18)16-3/h5-7,10,13,17H,4,8-9H2,1-3H3,(H,16,18). The molecule has 2 unspecified atom stereocenters. The molecule has 0 spiro atoms. The highest BCUT2D eigenvalue weighted by atomic mass is 16.5. The van der Waals surface area contributed by atoms with E-state index in [9.17, 15) is 4.79 Å². The topological polar surface area (TPSA) is 50.4 Å². The van der Waals surface area contributed by atoms with Crippen molar-refractivity contribution < 1.29 is 9.53 Å². The van der Waals surface area contributed by atoms with Crippen LogP contribution in [-0.4, -0.2) is 25.6 Å². The van der Waals surface area contributed by atoms with Gasteiger partial charge in [0.2, 0.25) is 0 Å². The molecule has 2 atom stereocenters. The second-order valence-electron chi connectivity index (χ2n) is 4.85. The Hall–Kier alpha value is -1.55. The monoisotopic (exact) mass is 262 g/mol. The Bertz CT molecular complexity index is 459. The summed E-state index contributed by atoms with van der Waals surface area (Å²) in [5, 5.41) is 6.09. The van der Waals surface area contributed by atoms with Crippen LogP contribution in [0.5, 0.6) is 5.75 Å². The zero-order valence-electron chi connectivity index (χ0n) is 11.8. The predicted octanol–water partition coefficient (Wildman–Crippen LogP) is 1.80. The van der Waals surface area contributed by atoms with Crippen LogP contribution in [0, 0.1) is 0 Å². The number of benzene rings is 1. The molecule has 1 amide bonds. The highest BCUT2D eigenvalue weighted by Gasteiger charge is 2.25. The van der Waals surface area contributed by atoms with E-state index in [1.807, 2.05) is 12.1 Å². The van der Waals surface area contributed by atoms with Crippen LogP contribution in [0.1, 0.15) is 37.4 Å². The van der Waals surface area contributed by atoms with Crippen molar-refractivity contribution >= 4 is 5.91 Å². The largest absolute Gasteiger partial charge is 0.481 e. The molecule has 19 heavy (non-hydrogen) atoms. The Balaban J connectivity index is 2.18. The summed E-state index contributed by atoms with van der Waals surface area (Å²) < 4.78 is 5.80. The summed E-state index contributed by atoms with van der Waals surface area (Å²) in [6, 6.07) is 6.51. The molecule has 0 saturated heterocycles. The van der Waals surface area contributed by atoms with Gasteiger partial charge in [0.1, 0.15) is 5.75 Å². The van der Waals surface area contributed by atoms with E-state index in [1.165, 1.54) is 11.1 Å². The highest BCUT2D eigenvalue weighted by molar-refractivity contribution is 5.80. The summed E-state index contributed by atoms with van der Waals surface area (Å²) in [5.41, 5.74) is 2.55. The number of hydrogen-bond donors (Lipinski definition) is 2. The van der Waals surface area contributed by atoms with Crippen LogP contribution in [0.2, 0.25) is 0 Å². The number of fused-ring (bicyclic) bond motifs is 1. The molecule has 4 nitrogen and oxygen atoms in total. The predicted molar refractivity (Wildman–Crippen MR) is 75.3 cm³/mol. The molecule has 1 aliphatic rings. The van der Waals surface area contributed by atoms with Crippen molar-refractivity contribution in [1.29, 1.82) is 0 Å². The Morgan fingerprint density at radius 1 is 1.53 bits per heavy atom. The fraction of sp³-hybridized carbons (Fsp3) is 0.533. The second kappa shape index (κ2) is 6.06. The summed E-state index contributed by atoms with van der Waals surface area (Å²) in [6.07, 6.45) is 1.64. The normalized spacial score (nSPS) is 18.8. The van der Waals surface area contributed by atoms with Crippen molar-refractivity contribution in [3.8, 4) is 5.75 Å². The molecule has 1 aromatic rings. The van der Waals surface area contributed by atoms with Crippen molar-refractivity contribution in [2.45, 2.75) is 38.8 Å². The Labute approximate surface area is 114 Å². The first-order valence-corrected chi connectivity index (χ1v) is 6.90. The molecular weight excluding hydrogens is 240 g/mol. The molecule has 2 rings (SSSR count). The number of hydrogen-bond acceptors (Lipinski definition) is 3. The fourth-order valence-corrected chi connectivity index (χ4v) is 2.64. The van der Waals surface area contributed by atoms with Crippen LogP contribution in [0.25, 0.3) is 0 Å². The van der Waals surface area contributed by atoms with Crippen molar-refractivity contribution in [2.24, 2.45) is 0 Å². The number of carbonyl (C=O) groups excluding carboxylic acids is 1. The summed E-state index contributed by atoms with van der Waals surface area (Å²) in [5.74, 6) is 0.743. The third-order valence-electron chi connectivity index (χ3n) is 3.60. The van der Waals surface area contributed by atoms with Gasteiger partial charge in [-0.05, 0) is 43.5 Å². The lowest BCUT2D eigenvalue weighted by atomic mass is 10.1. The van der Waals surface area contributed by atoms with E-state index < -0.39 is 6.10 Å². The summed E-state index contributed by atoms with van der Waals surface area (Å²) in [4.78, 5) is 11.5. The summed E-state index contributed by atoms with van der Waals surface area (Å²) in [7, 11) is 1.62. The molecule has 1 aliphatic carbocycles. The van der Waals surface area contributed by atoms with Gasteiger partial charge in [0.25, 0.3) is 5.91 Å². The first kappa shape index (κ1) is 13.9. The molecule has 0 aromatic heterocycles. The maximum absolute atomic E-state index is 11.5. The molecule has 0 aliphatic heterocycles. The average Bonchev–Trinajstić information content (AvgIpc) is 2.83. The minimum absolute atomic E-state index is 0.0983. The number of carbonyl (C=O) groups is 1. The quantitative estimate of drug-likeness (QED) is 0.850. The summed E-state index contributed by atoms with van der Waals surface area (Å²) in [6.45, 7) is 4.85. The van der Waals surface area contributed by atoms with Gasteiger partial charge in [-0.1, -0.05) is 19.1 Å². The van der Waals surface area contributed by atoms with E-state index in [0.29, 0.717) is 6.04 Å². The van der Waals surface area contributed by atoms with E-state index in [2.05, 4.69) is 23.6 Å². The first-order valence-electron chi connectivity index (χ1n) is 6.90. The van der Waals surface area contributed by atoms with Gasteiger partial charge in [-0.25, -0.2) is 0 Å². The molecule has 4 heteroatoms. The zero-order chi connectivity index (χ0) is 13.8. The van der Waals surface area contributed by atoms with Gasteiger partial charge in [-0.15, -0.1) is 0 Å². The Morgan fingerprint density at radius 2 is 2.32 bits per heavy atom. The van der Waals surface area contributed by atoms with Gasteiger partial charge in [0.05, 0.1) is 0 Å². The smallest absolute Gasteiger partial charge is 0.260 e. The fourth-order valence-electron chi connectivity index (χ4n) is 2.64. The van der Waals surface area contributed by atoms with Crippen LogP contribution in [0.15, 0.2) is 18.2 Å². The van der Waals surface area contributed by atoms with Gasteiger partial charge in [0, 0.05) is 13.1 Å². The molecule has 1 aromatic carbocycles. The maximum atomic E-state index is 11.5.